The molecule has 0 saturated carbocycles. The number of amides is 1. The largest absolute Gasteiger partial charge is 0.481 e. The normalized spacial score (nSPS) is 17.7. The zero-order valence-electron chi connectivity index (χ0n) is 12.1. The molecule has 1 aliphatic heterocycles. The molecule has 3 N–H and O–H groups in total. The van der Waals surface area contributed by atoms with Crippen LogP contribution in [0.15, 0.2) is 18.2 Å². The third kappa shape index (κ3) is 4.15. The van der Waals surface area contributed by atoms with Crippen LogP contribution in [0.25, 0.3) is 0 Å². The summed E-state index contributed by atoms with van der Waals surface area (Å²) in [6.07, 6.45) is -5.37. The van der Waals surface area contributed by atoms with Crippen LogP contribution in [0.4, 0.5) is 18.9 Å². The van der Waals surface area contributed by atoms with Crippen molar-refractivity contribution in [3.8, 4) is 0 Å². The predicted octanol–water partition coefficient (Wildman–Crippen LogP) is 1.54. The molecule has 1 aliphatic rings. The van der Waals surface area contributed by atoms with Crippen LogP contribution in [-0.2, 0) is 16.1 Å². The first-order valence-corrected chi connectivity index (χ1v) is 6.77. The van der Waals surface area contributed by atoms with E-state index in [-0.39, 0.29) is 16.8 Å². The summed E-state index contributed by atoms with van der Waals surface area (Å²) < 4.78 is 38.1. The van der Waals surface area contributed by atoms with Crippen molar-refractivity contribution < 1.29 is 37.8 Å². The van der Waals surface area contributed by atoms with Crippen LogP contribution < -0.4 is 5.32 Å². The van der Waals surface area contributed by atoms with E-state index in [1.807, 2.05) is 0 Å². The highest BCUT2D eigenvalue weighted by atomic mass is 19.4. The fourth-order valence-electron chi connectivity index (χ4n) is 2.41. The first-order valence-electron chi connectivity index (χ1n) is 6.77. The molecular formula is C14H13F3N2O5. The maximum atomic E-state index is 12.7. The average Bonchev–Trinajstić information content (AvgIpc) is 2.55. The van der Waals surface area contributed by atoms with Gasteiger partial charge in [-0.25, -0.2) is 4.79 Å². The molecule has 0 aromatic heterocycles. The minimum atomic E-state index is -4.67. The highest BCUT2D eigenvalue weighted by Gasteiger charge is 2.38. The van der Waals surface area contributed by atoms with Crippen LogP contribution in [0.5, 0.6) is 0 Å². The second-order valence-electron chi connectivity index (χ2n) is 5.28. The van der Waals surface area contributed by atoms with E-state index in [0.29, 0.717) is 4.90 Å². The number of alkyl halides is 3. The van der Waals surface area contributed by atoms with Crippen molar-refractivity contribution in [2.75, 3.05) is 11.9 Å². The van der Waals surface area contributed by atoms with Crippen molar-refractivity contribution in [3.63, 3.8) is 0 Å². The zero-order valence-corrected chi connectivity index (χ0v) is 12.1. The van der Waals surface area contributed by atoms with E-state index in [4.69, 9.17) is 10.2 Å². The zero-order chi connectivity index (χ0) is 18.1. The van der Waals surface area contributed by atoms with Gasteiger partial charge in [-0.1, -0.05) is 0 Å². The predicted molar refractivity (Wildman–Crippen MR) is 74.5 cm³/mol. The van der Waals surface area contributed by atoms with Crippen molar-refractivity contribution >= 4 is 23.5 Å². The molecule has 0 radical (unpaired) electrons. The molecule has 24 heavy (non-hydrogen) atoms. The van der Waals surface area contributed by atoms with Crippen LogP contribution in [0, 0.1) is 0 Å². The smallest absolute Gasteiger partial charge is 0.406 e. The maximum absolute atomic E-state index is 12.7. The summed E-state index contributed by atoms with van der Waals surface area (Å²) in [4.78, 5) is 34.6. The summed E-state index contributed by atoms with van der Waals surface area (Å²) in [7, 11) is 0. The Bertz CT molecular complexity index is 689. The summed E-state index contributed by atoms with van der Waals surface area (Å²) in [6, 6.07) is 2.31. The minimum Gasteiger partial charge on any atom is -0.481 e. The summed E-state index contributed by atoms with van der Waals surface area (Å²) in [5.41, 5.74) is 0.247. The molecule has 130 valence electrons. The lowest BCUT2D eigenvalue weighted by Crippen LogP contribution is -2.45. The van der Waals surface area contributed by atoms with E-state index in [0.717, 1.165) is 6.07 Å². The van der Waals surface area contributed by atoms with E-state index in [1.54, 1.807) is 0 Å². The Kier molecular flexibility index (Phi) is 4.67. The number of carbonyl (C=O) groups excluding carboxylic acids is 1. The van der Waals surface area contributed by atoms with E-state index < -0.39 is 49.6 Å². The van der Waals surface area contributed by atoms with Gasteiger partial charge in [0, 0.05) is 12.2 Å². The Hall–Kier alpha value is -2.78. The Morgan fingerprint density at radius 1 is 1.29 bits per heavy atom. The average molecular weight is 346 g/mol. The topological polar surface area (TPSA) is 107 Å². The fraction of sp³-hybridized carbons (Fsp3) is 0.357. The van der Waals surface area contributed by atoms with Crippen LogP contribution in [0.2, 0.25) is 0 Å². The lowest BCUT2D eigenvalue weighted by molar-refractivity contribution is -0.163. The number of nitrogens with one attached hydrogen (secondary N) is 1. The number of aliphatic carboxylic acids is 1. The number of hydrogen-bond donors (Lipinski definition) is 3. The molecule has 0 unspecified atom stereocenters. The number of carbonyl (C=O) groups is 3. The summed E-state index contributed by atoms with van der Waals surface area (Å²) in [5.74, 6) is -3.63. The van der Waals surface area contributed by atoms with Gasteiger partial charge in [0.15, 0.2) is 0 Å². The van der Waals surface area contributed by atoms with Gasteiger partial charge in [-0.2, -0.15) is 13.2 Å². The second-order valence-corrected chi connectivity index (χ2v) is 5.28. The maximum Gasteiger partial charge on any atom is 0.406 e. The van der Waals surface area contributed by atoms with Crippen molar-refractivity contribution in [1.82, 2.24) is 4.90 Å². The first kappa shape index (κ1) is 17.6. The van der Waals surface area contributed by atoms with Gasteiger partial charge in [0.2, 0.25) is 5.91 Å². The van der Waals surface area contributed by atoms with Crippen LogP contribution in [0.3, 0.4) is 0 Å². The molecule has 0 bridgehead atoms. The number of carboxylic acids is 2. The van der Waals surface area contributed by atoms with Crippen LogP contribution in [-0.4, -0.2) is 51.7 Å². The molecule has 1 aromatic rings. The van der Waals surface area contributed by atoms with Gasteiger partial charge in [-0.15, -0.1) is 0 Å². The standard InChI is InChI=1S/C14H13F3N2O5/c15-14(16,17)6-19-5-8-3-7(13(23)24)1-2-9(8)18-10(12(19)22)4-11(20)21/h1-3,10,18H,4-6H2,(H,20,21)(H,23,24)/t10-/m0/s1. The molecule has 0 aliphatic carbocycles. The summed E-state index contributed by atoms with van der Waals surface area (Å²) in [5, 5.41) is 20.4. The van der Waals surface area contributed by atoms with Crippen LogP contribution >= 0.6 is 0 Å². The monoisotopic (exact) mass is 346 g/mol. The molecule has 1 amide bonds. The molecule has 2 rings (SSSR count). The van der Waals surface area contributed by atoms with Crippen molar-refractivity contribution in [2.45, 2.75) is 25.2 Å². The van der Waals surface area contributed by atoms with Crippen molar-refractivity contribution in [1.29, 1.82) is 0 Å². The molecular weight excluding hydrogens is 333 g/mol. The number of anilines is 1. The number of nitrogens with zero attached hydrogens (tertiary/aromatic N) is 1. The number of fused-ring (bicyclic) bond motifs is 1. The molecule has 7 nitrogen and oxygen atoms in total. The molecule has 1 atom stereocenters. The van der Waals surface area contributed by atoms with Gasteiger partial charge < -0.3 is 20.4 Å². The van der Waals surface area contributed by atoms with Crippen molar-refractivity contribution in [2.24, 2.45) is 0 Å². The van der Waals surface area contributed by atoms with E-state index in [9.17, 15) is 27.6 Å². The van der Waals surface area contributed by atoms with E-state index in [2.05, 4.69) is 5.32 Å². The number of carboxylic acid groups (broad SMARTS) is 2. The van der Waals surface area contributed by atoms with Gasteiger partial charge in [-0.05, 0) is 23.8 Å². The molecule has 1 heterocycles. The van der Waals surface area contributed by atoms with E-state index >= 15 is 0 Å². The first-order chi connectivity index (χ1) is 11.1. The third-order valence-electron chi connectivity index (χ3n) is 3.40. The lowest BCUT2D eigenvalue weighted by Gasteiger charge is -2.24. The Balaban J connectivity index is 2.43. The van der Waals surface area contributed by atoms with Crippen LogP contribution in [0.1, 0.15) is 22.3 Å². The number of rotatable bonds is 4. The SMILES string of the molecule is O=C(O)C[C@@H]1Nc2ccc(C(=O)O)cc2CN(CC(F)(F)F)C1=O. The van der Waals surface area contributed by atoms with E-state index in [1.165, 1.54) is 12.1 Å². The summed E-state index contributed by atoms with van der Waals surface area (Å²) in [6.45, 7) is -2.03. The van der Waals surface area contributed by atoms with Crippen molar-refractivity contribution in [3.05, 3.63) is 29.3 Å². The van der Waals surface area contributed by atoms with Gasteiger partial charge in [0.25, 0.3) is 0 Å². The number of hydrogen-bond acceptors (Lipinski definition) is 4. The molecule has 0 saturated heterocycles. The Morgan fingerprint density at radius 2 is 1.96 bits per heavy atom. The lowest BCUT2D eigenvalue weighted by atomic mass is 10.1. The molecule has 0 fully saturated rings. The Morgan fingerprint density at radius 3 is 2.50 bits per heavy atom. The number of benzene rings is 1. The highest BCUT2D eigenvalue weighted by Crippen LogP contribution is 2.28. The molecule has 0 spiro atoms. The number of aromatic carboxylic acids is 1. The fourth-order valence-corrected chi connectivity index (χ4v) is 2.41. The third-order valence-corrected chi connectivity index (χ3v) is 3.40. The molecule has 10 heteroatoms. The van der Waals surface area contributed by atoms with Gasteiger partial charge in [0.1, 0.15) is 12.6 Å². The summed E-state index contributed by atoms with van der Waals surface area (Å²) >= 11 is 0. The molecule has 1 aromatic carbocycles. The Labute approximate surface area is 133 Å². The highest BCUT2D eigenvalue weighted by molar-refractivity contribution is 5.92. The quantitative estimate of drug-likeness (QED) is 0.764. The minimum absolute atomic E-state index is 0.147. The van der Waals surface area contributed by atoms with Gasteiger partial charge in [0.05, 0.1) is 12.0 Å². The number of halogens is 3. The van der Waals surface area contributed by atoms with Gasteiger partial charge in [-0.3, -0.25) is 9.59 Å². The van der Waals surface area contributed by atoms with Gasteiger partial charge >= 0.3 is 18.1 Å². The second kappa shape index (κ2) is 6.38.